The lowest BCUT2D eigenvalue weighted by Crippen LogP contribution is -2.15. The second-order valence-corrected chi connectivity index (χ2v) is 6.32. The third-order valence-corrected chi connectivity index (χ3v) is 4.85. The molecule has 0 aliphatic carbocycles. The Labute approximate surface area is 142 Å². The maximum absolute atomic E-state index is 5.65. The predicted molar refractivity (Wildman–Crippen MR) is 90.1 cm³/mol. The summed E-state index contributed by atoms with van der Waals surface area (Å²) in [7, 11) is 0. The van der Waals surface area contributed by atoms with Crippen LogP contribution in [-0.4, -0.2) is 25.0 Å². The molecule has 0 saturated heterocycles. The Morgan fingerprint density at radius 2 is 1.42 bits per heavy atom. The van der Waals surface area contributed by atoms with Crippen molar-refractivity contribution in [2.24, 2.45) is 0 Å². The molecule has 0 unspecified atom stereocenters. The molecule has 0 atom stereocenters. The molecule has 0 bridgehead atoms. The zero-order valence-electron chi connectivity index (χ0n) is 12.7. The maximum Gasteiger partial charge on any atom is 0.231 e. The molecular formula is C18H13NO4S. The van der Waals surface area contributed by atoms with E-state index in [-0.39, 0.29) is 6.79 Å². The molecule has 2 aliphatic rings. The first-order chi connectivity index (χ1) is 11.9. The SMILES string of the molecule is c1cc2c(cc1-c1csc(-c3ccc4c(c3)OCO4)n1)OCCO2. The van der Waals surface area contributed by atoms with Gasteiger partial charge in [-0.15, -0.1) is 11.3 Å². The minimum atomic E-state index is 0.277. The fourth-order valence-corrected chi connectivity index (χ4v) is 3.60. The topological polar surface area (TPSA) is 49.8 Å². The van der Waals surface area contributed by atoms with Crippen LogP contribution >= 0.6 is 11.3 Å². The van der Waals surface area contributed by atoms with Gasteiger partial charge in [-0.3, -0.25) is 0 Å². The zero-order chi connectivity index (χ0) is 15.9. The highest BCUT2D eigenvalue weighted by atomic mass is 32.1. The number of fused-ring (bicyclic) bond motifs is 2. The number of rotatable bonds is 2. The van der Waals surface area contributed by atoms with Crippen LogP contribution in [0.25, 0.3) is 21.8 Å². The van der Waals surface area contributed by atoms with E-state index in [2.05, 4.69) is 0 Å². The molecule has 0 spiro atoms. The summed E-state index contributed by atoms with van der Waals surface area (Å²) in [5.74, 6) is 3.11. The van der Waals surface area contributed by atoms with Crippen molar-refractivity contribution < 1.29 is 18.9 Å². The van der Waals surface area contributed by atoms with Gasteiger partial charge in [0, 0.05) is 16.5 Å². The summed E-state index contributed by atoms with van der Waals surface area (Å²) < 4.78 is 22.0. The molecule has 0 radical (unpaired) electrons. The number of aromatic nitrogens is 1. The third kappa shape index (κ3) is 2.27. The fourth-order valence-electron chi connectivity index (χ4n) is 2.77. The van der Waals surface area contributed by atoms with E-state index in [1.807, 2.05) is 41.8 Å². The van der Waals surface area contributed by atoms with Crippen LogP contribution in [0.1, 0.15) is 0 Å². The van der Waals surface area contributed by atoms with Gasteiger partial charge in [-0.1, -0.05) is 0 Å². The molecular weight excluding hydrogens is 326 g/mol. The van der Waals surface area contributed by atoms with Gasteiger partial charge in [-0.2, -0.15) is 0 Å². The van der Waals surface area contributed by atoms with Crippen molar-refractivity contribution in [3.8, 4) is 44.8 Å². The summed E-state index contributed by atoms with van der Waals surface area (Å²) >= 11 is 1.60. The minimum absolute atomic E-state index is 0.277. The number of hydrogen-bond acceptors (Lipinski definition) is 6. The van der Waals surface area contributed by atoms with Crippen LogP contribution in [0, 0.1) is 0 Å². The number of benzene rings is 2. The smallest absolute Gasteiger partial charge is 0.231 e. The van der Waals surface area contributed by atoms with Crippen molar-refractivity contribution >= 4 is 11.3 Å². The molecule has 0 amide bonds. The molecule has 2 aromatic carbocycles. The van der Waals surface area contributed by atoms with E-state index in [0.717, 1.165) is 44.8 Å². The average Bonchev–Trinajstić information content (AvgIpc) is 3.30. The quantitative estimate of drug-likeness (QED) is 0.707. The Morgan fingerprint density at radius 3 is 2.33 bits per heavy atom. The number of thiazole rings is 1. The lowest BCUT2D eigenvalue weighted by Gasteiger charge is -2.18. The molecule has 3 aromatic rings. The first kappa shape index (κ1) is 13.7. The first-order valence-electron chi connectivity index (χ1n) is 7.62. The summed E-state index contributed by atoms with van der Waals surface area (Å²) in [6.45, 7) is 1.45. The molecule has 2 aliphatic heterocycles. The lowest BCUT2D eigenvalue weighted by atomic mass is 10.1. The van der Waals surface area contributed by atoms with Crippen molar-refractivity contribution in [3.05, 3.63) is 41.8 Å². The average molecular weight is 339 g/mol. The summed E-state index contributed by atoms with van der Waals surface area (Å²) in [4.78, 5) is 4.75. The summed E-state index contributed by atoms with van der Waals surface area (Å²) in [6.07, 6.45) is 0. The van der Waals surface area contributed by atoms with Crippen LogP contribution in [0.4, 0.5) is 0 Å². The monoisotopic (exact) mass is 339 g/mol. The number of hydrogen-bond donors (Lipinski definition) is 0. The van der Waals surface area contributed by atoms with E-state index in [1.54, 1.807) is 11.3 Å². The minimum Gasteiger partial charge on any atom is -0.486 e. The van der Waals surface area contributed by atoms with Crippen molar-refractivity contribution in [1.82, 2.24) is 4.98 Å². The van der Waals surface area contributed by atoms with Gasteiger partial charge in [0.1, 0.15) is 18.2 Å². The molecule has 6 heteroatoms. The molecule has 0 fully saturated rings. The van der Waals surface area contributed by atoms with E-state index in [9.17, 15) is 0 Å². The Kier molecular flexibility index (Phi) is 3.09. The second kappa shape index (κ2) is 5.42. The highest BCUT2D eigenvalue weighted by molar-refractivity contribution is 7.13. The summed E-state index contributed by atoms with van der Waals surface area (Å²) in [5.41, 5.74) is 2.96. The Balaban J connectivity index is 1.49. The van der Waals surface area contributed by atoms with Crippen LogP contribution in [0.3, 0.4) is 0 Å². The predicted octanol–water partition coefficient (Wildman–Crippen LogP) is 3.98. The highest BCUT2D eigenvalue weighted by Gasteiger charge is 2.17. The van der Waals surface area contributed by atoms with Gasteiger partial charge in [0.05, 0.1) is 5.69 Å². The van der Waals surface area contributed by atoms with Gasteiger partial charge in [-0.25, -0.2) is 4.98 Å². The molecule has 0 N–H and O–H groups in total. The summed E-state index contributed by atoms with van der Waals surface area (Å²) in [5, 5.41) is 2.99. The second-order valence-electron chi connectivity index (χ2n) is 5.46. The van der Waals surface area contributed by atoms with Crippen LogP contribution in [0.2, 0.25) is 0 Å². The normalized spacial score (nSPS) is 14.7. The standard InChI is InChI=1S/C18H13NO4S/c1-3-14-16(21-6-5-20-14)7-11(1)13-9-24-18(19-13)12-2-4-15-17(8-12)23-10-22-15/h1-4,7-9H,5-6,10H2. The Morgan fingerprint density at radius 1 is 0.750 bits per heavy atom. The van der Waals surface area contributed by atoms with Gasteiger partial charge in [0.25, 0.3) is 0 Å². The highest BCUT2D eigenvalue weighted by Crippen LogP contribution is 2.39. The molecule has 5 rings (SSSR count). The molecule has 5 nitrogen and oxygen atoms in total. The van der Waals surface area contributed by atoms with E-state index in [0.29, 0.717) is 13.2 Å². The van der Waals surface area contributed by atoms with Gasteiger partial charge >= 0.3 is 0 Å². The molecule has 120 valence electrons. The van der Waals surface area contributed by atoms with Gasteiger partial charge in [0.15, 0.2) is 23.0 Å². The fraction of sp³-hybridized carbons (Fsp3) is 0.167. The van der Waals surface area contributed by atoms with Crippen LogP contribution < -0.4 is 18.9 Å². The maximum atomic E-state index is 5.65. The van der Waals surface area contributed by atoms with Crippen molar-refractivity contribution in [2.45, 2.75) is 0 Å². The van der Waals surface area contributed by atoms with Crippen molar-refractivity contribution in [1.29, 1.82) is 0 Å². The van der Waals surface area contributed by atoms with Gasteiger partial charge in [0.2, 0.25) is 6.79 Å². The van der Waals surface area contributed by atoms with Crippen LogP contribution in [0.5, 0.6) is 23.0 Å². The Hall–Kier alpha value is -2.73. The van der Waals surface area contributed by atoms with E-state index < -0.39 is 0 Å². The van der Waals surface area contributed by atoms with Gasteiger partial charge in [-0.05, 0) is 36.4 Å². The van der Waals surface area contributed by atoms with E-state index in [1.165, 1.54) is 0 Å². The first-order valence-corrected chi connectivity index (χ1v) is 8.50. The third-order valence-electron chi connectivity index (χ3n) is 3.96. The summed E-state index contributed by atoms with van der Waals surface area (Å²) in [6, 6.07) is 11.8. The molecule has 0 saturated carbocycles. The van der Waals surface area contributed by atoms with Crippen LogP contribution in [0.15, 0.2) is 41.8 Å². The largest absolute Gasteiger partial charge is 0.486 e. The van der Waals surface area contributed by atoms with Crippen molar-refractivity contribution in [3.63, 3.8) is 0 Å². The van der Waals surface area contributed by atoms with Gasteiger partial charge < -0.3 is 18.9 Å². The van der Waals surface area contributed by atoms with E-state index >= 15 is 0 Å². The number of nitrogens with zero attached hydrogens (tertiary/aromatic N) is 1. The van der Waals surface area contributed by atoms with Crippen molar-refractivity contribution in [2.75, 3.05) is 20.0 Å². The Bertz CT molecular complexity index is 921. The van der Waals surface area contributed by atoms with E-state index in [4.69, 9.17) is 23.9 Å². The molecule has 24 heavy (non-hydrogen) atoms. The van der Waals surface area contributed by atoms with Crippen LogP contribution in [-0.2, 0) is 0 Å². The molecule has 1 aromatic heterocycles. The number of ether oxygens (including phenoxy) is 4. The molecule has 3 heterocycles. The lowest BCUT2D eigenvalue weighted by molar-refractivity contribution is 0.171. The zero-order valence-corrected chi connectivity index (χ0v) is 13.5.